The zero-order chi connectivity index (χ0) is 9.38. The quantitative estimate of drug-likeness (QED) is 0.605. The van der Waals surface area contributed by atoms with Gasteiger partial charge in [0.05, 0.1) is 11.7 Å². The van der Waals surface area contributed by atoms with Crippen molar-refractivity contribution in [1.82, 2.24) is 14.8 Å². The van der Waals surface area contributed by atoms with Crippen molar-refractivity contribution in [2.24, 2.45) is 0 Å². The van der Waals surface area contributed by atoms with Crippen LogP contribution in [-0.4, -0.2) is 14.8 Å². The predicted molar refractivity (Wildman–Crippen MR) is 56.7 cm³/mol. The van der Waals surface area contributed by atoms with Crippen LogP contribution in [0, 0.1) is 0 Å². The van der Waals surface area contributed by atoms with Crippen molar-refractivity contribution >= 4 is 22.2 Å². The number of hydrogen-bond donors (Lipinski definition) is 0. The Bertz CT molecular complexity index is 554. The minimum Gasteiger partial charge on any atom is -0.227 e. The van der Waals surface area contributed by atoms with Crippen LogP contribution >= 0.6 is 11.3 Å². The minimum absolute atomic E-state index is 0.909. The van der Waals surface area contributed by atoms with Crippen molar-refractivity contribution in [2.75, 3.05) is 0 Å². The van der Waals surface area contributed by atoms with Gasteiger partial charge in [-0.3, -0.25) is 0 Å². The Morgan fingerprint density at radius 3 is 3.00 bits per heavy atom. The molecule has 0 saturated heterocycles. The van der Waals surface area contributed by atoms with Crippen molar-refractivity contribution in [3.63, 3.8) is 0 Å². The minimum atomic E-state index is 0.909. The van der Waals surface area contributed by atoms with Gasteiger partial charge in [-0.2, -0.15) is 5.10 Å². The number of rotatable bonds is 1. The molecule has 2 heterocycles. The average molecular weight is 201 g/mol. The van der Waals surface area contributed by atoms with Crippen LogP contribution in [0.15, 0.2) is 42.0 Å². The highest BCUT2D eigenvalue weighted by Crippen LogP contribution is 2.18. The van der Waals surface area contributed by atoms with E-state index < -0.39 is 0 Å². The highest BCUT2D eigenvalue weighted by Gasteiger charge is 2.04. The van der Waals surface area contributed by atoms with Gasteiger partial charge in [-0.05, 0) is 6.07 Å². The molecule has 0 bridgehead atoms. The van der Waals surface area contributed by atoms with E-state index in [-0.39, 0.29) is 0 Å². The fourth-order valence-corrected chi connectivity index (χ4v) is 2.06. The molecule has 0 N–H and O–H groups in total. The zero-order valence-corrected chi connectivity index (χ0v) is 8.11. The molecule has 0 aliphatic rings. The third-order valence-electron chi connectivity index (χ3n) is 2.08. The van der Waals surface area contributed by atoms with Crippen molar-refractivity contribution in [2.45, 2.75) is 0 Å². The molecule has 68 valence electrons. The largest absolute Gasteiger partial charge is 0.227 e. The molecule has 2 aromatic heterocycles. The van der Waals surface area contributed by atoms with Gasteiger partial charge in [-0.1, -0.05) is 18.2 Å². The second-order valence-corrected chi connectivity index (χ2v) is 3.80. The molecule has 3 nitrogen and oxygen atoms in total. The maximum Gasteiger partial charge on any atom is 0.210 e. The summed E-state index contributed by atoms with van der Waals surface area (Å²) in [4.78, 5) is 4.23. The topological polar surface area (TPSA) is 30.7 Å². The number of benzene rings is 1. The molecule has 0 atom stereocenters. The van der Waals surface area contributed by atoms with Crippen LogP contribution < -0.4 is 0 Å². The summed E-state index contributed by atoms with van der Waals surface area (Å²) in [5.41, 5.74) is 1.10. The first-order chi connectivity index (χ1) is 6.95. The molecule has 0 fully saturated rings. The van der Waals surface area contributed by atoms with Crippen molar-refractivity contribution < 1.29 is 0 Å². The molecular formula is C10H7N3S. The first-order valence-electron chi connectivity index (χ1n) is 4.28. The van der Waals surface area contributed by atoms with Gasteiger partial charge in [0.2, 0.25) is 5.13 Å². The van der Waals surface area contributed by atoms with Crippen molar-refractivity contribution in [3.05, 3.63) is 42.0 Å². The number of aromatic nitrogens is 3. The number of para-hydroxylation sites is 1. The SMILES string of the molecule is c1ccc2c(c1)cnn2-c1nccs1. The van der Waals surface area contributed by atoms with Gasteiger partial charge in [0.15, 0.2) is 0 Å². The summed E-state index contributed by atoms with van der Waals surface area (Å²) in [6.45, 7) is 0. The van der Waals surface area contributed by atoms with Crippen LogP contribution in [0.1, 0.15) is 0 Å². The predicted octanol–water partition coefficient (Wildman–Crippen LogP) is 2.48. The summed E-state index contributed by atoms with van der Waals surface area (Å²) in [6, 6.07) is 8.11. The van der Waals surface area contributed by atoms with Gasteiger partial charge in [0, 0.05) is 17.0 Å². The monoisotopic (exact) mass is 201 g/mol. The van der Waals surface area contributed by atoms with Gasteiger partial charge in [0.1, 0.15) is 0 Å². The van der Waals surface area contributed by atoms with E-state index in [4.69, 9.17) is 0 Å². The Morgan fingerprint density at radius 2 is 2.14 bits per heavy atom. The van der Waals surface area contributed by atoms with Gasteiger partial charge >= 0.3 is 0 Å². The highest BCUT2D eigenvalue weighted by molar-refractivity contribution is 7.12. The molecular weight excluding hydrogens is 194 g/mol. The Morgan fingerprint density at radius 1 is 1.21 bits per heavy atom. The number of thiazole rings is 1. The van der Waals surface area contributed by atoms with E-state index in [2.05, 4.69) is 10.1 Å². The summed E-state index contributed by atoms with van der Waals surface area (Å²) in [5.74, 6) is 0. The summed E-state index contributed by atoms with van der Waals surface area (Å²) >= 11 is 1.58. The zero-order valence-electron chi connectivity index (χ0n) is 7.29. The first-order valence-corrected chi connectivity index (χ1v) is 5.16. The standard InChI is InChI=1S/C10H7N3S/c1-2-4-9-8(3-1)7-12-13(9)10-11-5-6-14-10/h1-7H. The average Bonchev–Trinajstić information content (AvgIpc) is 2.85. The molecule has 0 aliphatic carbocycles. The normalized spacial score (nSPS) is 10.9. The van der Waals surface area contributed by atoms with E-state index in [0.717, 1.165) is 16.0 Å². The van der Waals surface area contributed by atoms with E-state index in [1.165, 1.54) is 0 Å². The number of nitrogens with zero attached hydrogens (tertiary/aromatic N) is 3. The number of hydrogen-bond acceptors (Lipinski definition) is 3. The molecule has 0 unspecified atom stereocenters. The van der Waals surface area contributed by atoms with Crippen LogP contribution in [0.25, 0.3) is 16.0 Å². The molecule has 0 aliphatic heterocycles. The fourth-order valence-electron chi connectivity index (χ4n) is 1.44. The molecule has 1 aromatic carbocycles. The Hall–Kier alpha value is -1.68. The molecule has 0 saturated carbocycles. The summed E-state index contributed by atoms with van der Waals surface area (Å²) in [7, 11) is 0. The molecule has 0 amide bonds. The van der Waals surface area contributed by atoms with E-state index >= 15 is 0 Å². The fraction of sp³-hybridized carbons (Fsp3) is 0. The van der Waals surface area contributed by atoms with Crippen LogP contribution in [-0.2, 0) is 0 Å². The highest BCUT2D eigenvalue weighted by atomic mass is 32.1. The van der Waals surface area contributed by atoms with E-state index in [1.807, 2.05) is 40.5 Å². The van der Waals surface area contributed by atoms with Gasteiger partial charge < -0.3 is 0 Å². The van der Waals surface area contributed by atoms with E-state index in [9.17, 15) is 0 Å². The summed E-state index contributed by atoms with van der Waals surface area (Å²) in [5, 5.41) is 8.30. The second kappa shape index (κ2) is 2.92. The lowest BCUT2D eigenvalue weighted by molar-refractivity contribution is 0.898. The molecule has 0 radical (unpaired) electrons. The lowest BCUT2D eigenvalue weighted by atomic mass is 10.3. The van der Waals surface area contributed by atoms with Crippen LogP contribution in [0.2, 0.25) is 0 Å². The first kappa shape index (κ1) is 7.70. The van der Waals surface area contributed by atoms with E-state index in [1.54, 1.807) is 17.5 Å². The summed E-state index contributed by atoms with van der Waals surface area (Å²) < 4.78 is 1.86. The second-order valence-electron chi connectivity index (χ2n) is 2.93. The Balaban J connectivity index is 2.33. The van der Waals surface area contributed by atoms with Crippen molar-refractivity contribution in [3.8, 4) is 5.13 Å². The maximum absolute atomic E-state index is 4.30. The Kier molecular flexibility index (Phi) is 1.61. The van der Waals surface area contributed by atoms with E-state index in [0.29, 0.717) is 0 Å². The van der Waals surface area contributed by atoms with Gasteiger partial charge in [0.25, 0.3) is 0 Å². The van der Waals surface area contributed by atoms with Crippen LogP contribution in [0.3, 0.4) is 0 Å². The lowest BCUT2D eigenvalue weighted by Crippen LogP contribution is -1.93. The molecule has 0 spiro atoms. The van der Waals surface area contributed by atoms with Gasteiger partial charge in [-0.15, -0.1) is 11.3 Å². The van der Waals surface area contributed by atoms with Crippen LogP contribution in [0.5, 0.6) is 0 Å². The van der Waals surface area contributed by atoms with Gasteiger partial charge in [-0.25, -0.2) is 9.67 Å². The summed E-state index contributed by atoms with van der Waals surface area (Å²) in [6.07, 6.45) is 3.65. The maximum atomic E-state index is 4.30. The Labute approximate surface area is 84.6 Å². The molecule has 3 rings (SSSR count). The molecule has 4 heteroatoms. The molecule has 14 heavy (non-hydrogen) atoms. The third-order valence-corrected chi connectivity index (χ3v) is 2.82. The number of fused-ring (bicyclic) bond motifs is 1. The van der Waals surface area contributed by atoms with Crippen molar-refractivity contribution in [1.29, 1.82) is 0 Å². The molecule has 3 aromatic rings. The lowest BCUT2D eigenvalue weighted by Gasteiger charge is -1.96. The van der Waals surface area contributed by atoms with Crippen LogP contribution in [0.4, 0.5) is 0 Å². The third kappa shape index (κ3) is 1.04. The smallest absolute Gasteiger partial charge is 0.210 e.